The number of barbiturate groups is 1. The van der Waals surface area contributed by atoms with E-state index in [9.17, 15) is 14.4 Å². The normalized spacial score (nSPS) is 16.8. The highest BCUT2D eigenvalue weighted by Gasteiger charge is 2.34. The summed E-state index contributed by atoms with van der Waals surface area (Å²) in [6.07, 6.45) is 0. The number of halogens is 1. The van der Waals surface area contributed by atoms with Gasteiger partial charge in [0.1, 0.15) is 0 Å². The number of urea groups is 1. The third kappa shape index (κ3) is 2.69. The van der Waals surface area contributed by atoms with Crippen LogP contribution < -0.4 is 10.6 Å². The van der Waals surface area contributed by atoms with E-state index in [2.05, 4.69) is 10.2 Å². The Bertz CT molecular complexity index is 521. The molecule has 1 saturated heterocycles. The van der Waals surface area contributed by atoms with Gasteiger partial charge in [-0.05, 0) is 24.3 Å². The number of carbonyl (C=O) groups excluding carboxylic acids is 3. The molecule has 4 amide bonds. The van der Waals surface area contributed by atoms with E-state index in [4.69, 9.17) is 11.6 Å². The van der Waals surface area contributed by atoms with E-state index in [-0.39, 0.29) is 0 Å². The fraction of sp³-hybridized carbons (Fsp3) is 0.100. The molecule has 1 aliphatic heterocycles. The van der Waals surface area contributed by atoms with Crippen LogP contribution in [0.5, 0.6) is 0 Å². The summed E-state index contributed by atoms with van der Waals surface area (Å²) in [6.45, 7) is 0. The van der Waals surface area contributed by atoms with E-state index in [1.807, 2.05) is 10.6 Å². The van der Waals surface area contributed by atoms with Crippen molar-refractivity contribution in [3.63, 3.8) is 0 Å². The van der Waals surface area contributed by atoms with Gasteiger partial charge in [0.2, 0.25) is 6.04 Å². The number of benzene rings is 1. The summed E-state index contributed by atoms with van der Waals surface area (Å²) in [5.41, 5.74) is 0.442. The number of nitrogens with one attached hydrogen (secondary N) is 2. The molecule has 1 aliphatic rings. The Balaban J connectivity index is 2.13. The largest absolute Gasteiger partial charge is 0.328 e. The van der Waals surface area contributed by atoms with Crippen molar-refractivity contribution in [1.82, 2.24) is 10.6 Å². The van der Waals surface area contributed by atoms with Gasteiger partial charge in [0, 0.05) is 5.02 Å². The highest BCUT2D eigenvalue weighted by Crippen LogP contribution is 2.17. The van der Waals surface area contributed by atoms with Gasteiger partial charge in [0.15, 0.2) is 0 Å². The topological polar surface area (TPSA) is 100.0 Å². The molecule has 0 aromatic heterocycles. The first-order chi connectivity index (χ1) is 8.56. The molecule has 0 saturated carbocycles. The predicted octanol–water partition coefficient (Wildman–Crippen LogP) is 1.16. The average molecular weight is 267 g/mol. The quantitative estimate of drug-likeness (QED) is 0.620. The zero-order valence-corrected chi connectivity index (χ0v) is 9.64. The number of imide groups is 2. The summed E-state index contributed by atoms with van der Waals surface area (Å²) in [5, 5.41) is 11.7. The Hall–Kier alpha value is -2.28. The predicted molar refractivity (Wildman–Crippen MR) is 61.4 cm³/mol. The lowest BCUT2D eigenvalue weighted by Crippen LogP contribution is -2.57. The minimum Gasteiger partial charge on any atom is -0.275 e. The third-order valence-electron chi connectivity index (χ3n) is 2.09. The SMILES string of the molecule is O=C1NC(=O)C(N=Nc2ccc(Cl)cc2)C(=O)N1. The second-order valence-electron chi connectivity index (χ2n) is 3.40. The molecule has 18 heavy (non-hydrogen) atoms. The highest BCUT2D eigenvalue weighted by molar-refractivity contribution is 6.30. The van der Waals surface area contributed by atoms with Gasteiger partial charge in [-0.15, -0.1) is 0 Å². The Morgan fingerprint density at radius 1 is 1.00 bits per heavy atom. The lowest BCUT2D eigenvalue weighted by atomic mass is 10.2. The zero-order chi connectivity index (χ0) is 13.1. The number of azo groups is 1. The second kappa shape index (κ2) is 4.92. The molecule has 8 heteroatoms. The van der Waals surface area contributed by atoms with E-state index in [0.29, 0.717) is 10.7 Å². The number of carbonyl (C=O) groups is 3. The molecule has 0 aliphatic carbocycles. The van der Waals surface area contributed by atoms with Crippen LogP contribution in [0.4, 0.5) is 10.5 Å². The van der Waals surface area contributed by atoms with Gasteiger partial charge in [-0.25, -0.2) is 4.79 Å². The van der Waals surface area contributed by atoms with E-state index in [1.54, 1.807) is 24.3 Å². The summed E-state index contributed by atoms with van der Waals surface area (Å²) in [7, 11) is 0. The summed E-state index contributed by atoms with van der Waals surface area (Å²) < 4.78 is 0. The number of hydrogen-bond donors (Lipinski definition) is 2. The van der Waals surface area contributed by atoms with Gasteiger partial charge in [0.25, 0.3) is 11.8 Å². The first-order valence-corrected chi connectivity index (χ1v) is 5.26. The Morgan fingerprint density at radius 3 is 2.11 bits per heavy atom. The molecule has 1 heterocycles. The molecule has 0 spiro atoms. The van der Waals surface area contributed by atoms with Crippen LogP contribution in [0.1, 0.15) is 0 Å². The maximum atomic E-state index is 11.3. The smallest absolute Gasteiger partial charge is 0.275 e. The van der Waals surface area contributed by atoms with Gasteiger partial charge in [-0.3, -0.25) is 20.2 Å². The molecule has 0 radical (unpaired) electrons. The van der Waals surface area contributed by atoms with Crippen molar-refractivity contribution < 1.29 is 14.4 Å². The van der Waals surface area contributed by atoms with Crippen LogP contribution in [0.15, 0.2) is 34.5 Å². The number of hydrogen-bond acceptors (Lipinski definition) is 5. The van der Waals surface area contributed by atoms with E-state index in [1.165, 1.54) is 0 Å². The molecule has 1 fully saturated rings. The molecule has 0 bridgehead atoms. The molecule has 0 unspecified atom stereocenters. The minimum absolute atomic E-state index is 0.442. The van der Waals surface area contributed by atoms with Crippen LogP contribution in [-0.4, -0.2) is 23.9 Å². The Kier molecular flexibility index (Phi) is 3.33. The monoisotopic (exact) mass is 266 g/mol. The van der Waals surface area contributed by atoms with Crippen molar-refractivity contribution in [2.75, 3.05) is 0 Å². The first-order valence-electron chi connectivity index (χ1n) is 4.88. The van der Waals surface area contributed by atoms with E-state index < -0.39 is 23.9 Å². The molecule has 2 N–H and O–H groups in total. The lowest BCUT2D eigenvalue weighted by molar-refractivity contribution is -0.131. The number of nitrogens with zero attached hydrogens (tertiary/aromatic N) is 2. The van der Waals surface area contributed by atoms with Crippen LogP contribution >= 0.6 is 11.6 Å². The van der Waals surface area contributed by atoms with Crippen LogP contribution in [0, 0.1) is 0 Å². The van der Waals surface area contributed by atoms with Gasteiger partial charge in [0.05, 0.1) is 5.69 Å². The van der Waals surface area contributed by atoms with Crippen LogP contribution in [0.25, 0.3) is 0 Å². The summed E-state index contributed by atoms with van der Waals surface area (Å²) >= 11 is 5.68. The summed E-state index contributed by atoms with van der Waals surface area (Å²) in [6, 6.07) is 4.13. The van der Waals surface area contributed by atoms with E-state index >= 15 is 0 Å². The lowest BCUT2D eigenvalue weighted by Gasteiger charge is -2.15. The Morgan fingerprint density at radius 2 is 1.56 bits per heavy atom. The molecule has 1 aromatic carbocycles. The maximum Gasteiger partial charge on any atom is 0.328 e. The molecule has 1 aromatic rings. The van der Waals surface area contributed by atoms with Crippen molar-refractivity contribution in [2.45, 2.75) is 6.04 Å². The fourth-order valence-electron chi connectivity index (χ4n) is 1.25. The standard InChI is InChI=1S/C10H7ClN4O3/c11-5-1-3-6(4-2-5)14-15-7-8(16)12-10(18)13-9(7)17/h1-4,7H,(H2,12,13,16,17,18). The fourth-order valence-corrected chi connectivity index (χ4v) is 1.37. The minimum atomic E-state index is -1.36. The van der Waals surface area contributed by atoms with Gasteiger partial charge >= 0.3 is 6.03 Å². The average Bonchev–Trinajstić information content (AvgIpc) is 2.30. The van der Waals surface area contributed by atoms with Gasteiger partial charge in [-0.2, -0.15) is 10.2 Å². The number of rotatable bonds is 2. The molecular weight excluding hydrogens is 260 g/mol. The van der Waals surface area contributed by atoms with Gasteiger partial charge in [-0.1, -0.05) is 11.6 Å². The summed E-state index contributed by atoms with van der Waals surface area (Å²) in [5.74, 6) is -1.61. The number of amides is 4. The van der Waals surface area contributed by atoms with E-state index in [0.717, 1.165) is 0 Å². The first kappa shape index (κ1) is 12.2. The molecule has 0 atom stereocenters. The van der Waals surface area contributed by atoms with Crippen molar-refractivity contribution in [3.05, 3.63) is 29.3 Å². The maximum absolute atomic E-state index is 11.3. The molecule has 7 nitrogen and oxygen atoms in total. The molecule has 2 rings (SSSR count). The van der Waals surface area contributed by atoms with Crippen molar-refractivity contribution in [2.24, 2.45) is 10.2 Å². The van der Waals surface area contributed by atoms with Crippen molar-refractivity contribution in [1.29, 1.82) is 0 Å². The van der Waals surface area contributed by atoms with Crippen molar-refractivity contribution in [3.8, 4) is 0 Å². The third-order valence-corrected chi connectivity index (χ3v) is 2.34. The second-order valence-corrected chi connectivity index (χ2v) is 3.84. The summed E-state index contributed by atoms with van der Waals surface area (Å²) in [4.78, 5) is 33.4. The zero-order valence-electron chi connectivity index (χ0n) is 8.88. The van der Waals surface area contributed by atoms with Gasteiger partial charge < -0.3 is 0 Å². The van der Waals surface area contributed by atoms with Crippen LogP contribution in [0.2, 0.25) is 5.02 Å². The highest BCUT2D eigenvalue weighted by atomic mass is 35.5. The van der Waals surface area contributed by atoms with Crippen LogP contribution in [0.3, 0.4) is 0 Å². The Labute approximate surface area is 106 Å². The molecule has 92 valence electrons. The molecular formula is C10H7ClN4O3. The van der Waals surface area contributed by atoms with Crippen molar-refractivity contribution >= 4 is 35.1 Å². The van der Waals surface area contributed by atoms with Crippen LogP contribution in [-0.2, 0) is 9.59 Å².